The van der Waals surface area contributed by atoms with E-state index in [2.05, 4.69) is 37.4 Å². The van der Waals surface area contributed by atoms with Gasteiger partial charge in [-0.2, -0.15) is 0 Å². The van der Waals surface area contributed by atoms with E-state index in [0.717, 1.165) is 24.2 Å². The van der Waals surface area contributed by atoms with Gasteiger partial charge in [0.2, 0.25) is 5.91 Å². The largest absolute Gasteiger partial charge is 0.383 e. The van der Waals surface area contributed by atoms with Crippen LogP contribution in [-0.4, -0.2) is 48.9 Å². The van der Waals surface area contributed by atoms with Crippen molar-refractivity contribution in [2.24, 2.45) is 5.92 Å². The number of aryl methyl sites for hydroxylation is 1. The molecule has 1 unspecified atom stereocenters. The van der Waals surface area contributed by atoms with Gasteiger partial charge in [-0.05, 0) is 55.3 Å². The van der Waals surface area contributed by atoms with Crippen molar-refractivity contribution < 1.29 is 9.53 Å². The van der Waals surface area contributed by atoms with Gasteiger partial charge in [0.25, 0.3) is 0 Å². The molecule has 2 aromatic rings. The molecule has 1 amide bonds. The monoisotopic (exact) mass is 344 g/mol. The highest BCUT2D eigenvalue weighted by molar-refractivity contribution is 7.98. The van der Waals surface area contributed by atoms with E-state index in [1.807, 2.05) is 4.90 Å². The molecular weight excluding hydrogens is 320 g/mol. The number of benzene rings is 1. The van der Waals surface area contributed by atoms with E-state index < -0.39 is 0 Å². The summed E-state index contributed by atoms with van der Waals surface area (Å²) in [5.74, 6) is 0.586. The van der Waals surface area contributed by atoms with E-state index in [0.29, 0.717) is 25.5 Å². The Hall–Kier alpha value is -1.59. The van der Waals surface area contributed by atoms with Crippen molar-refractivity contribution >= 4 is 28.6 Å². The summed E-state index contributed by atoms with van der Waals surface area (Å²) in [6, 6.07) is 8.60. The molecule has 1 aliphatic heterocycles. The van der Waals surface area contributed by atoms with Crippen molar-refractivity contribution in [2.75, 3.05) is 33.1 Å². The number of fused-ring (bicyclic) bond motifs is 1. The molecule has 4 nitrogen and oxygen atoms in total. The lowest BCUT2D eigenvalue weighted by molar-refractivity contribution is -0.128. The Kier molecular flexibility index (Phi) is 5.41. The van der Waals surface area contributed by atoms with Crippen LogP contribution in [0.15, 0.2) is 29.2 Å². The SMILES string of the molecule is COCCN1CC(Cc2cc(C)c3cc(SC)ccc3n2)CC1=O. The number of hydrogen-bond acceptors (Lipinski definition) is 4. The second-order valence-electron chi connectivity index (χ2n) is 6.42. The number of methoxy groups -OCH3 is 1. The Labute approximate surface area is 147 Å². The topological polar surface area (TPSA) is 42.4 Å². The Balaban J connectivity index is 1.75. The number of rotatable bonds is 6. The van der Waals surface area contributed by atoms with Crippen LogP contribution in [0.4, 0.5) is 0 Å². The van der Waals surface area contributed by atoms with Crippen molar-refractivity contribution in [1.29, 1.82) is 0 Å². The Morgan fingerprint density at radius 3 is 2.96 bits per heavy atom. The number of thioether (sulfide) groups is 1. The fraction of sp³-hybridized carbons (Fsp3) is 0.474. The number of carbonyl (C=O) groups excluding carboxylic acids is 1. The lowest BCUT2D eigenvalue weighted by Crippen LogP contribution is -2.28. The molecule has 2 heterocycles. The minimum absolute atomic E-state index is 0.235. The molecule has 5 heteroatoms. The summed E-state index contributed by atoms with van der Waals surface area (Å²) >= 11 is 1.75. The van der Waals surface area contributed by atoms with E-state index in [1.165, 1.54) is 15.8 Å². The standard InChI is InChI=1S/C19H24N2O2S/c1-13-8-15(20-18-5-4-16(24-3)11-17(13)18)9-14-10-19(22)21(12-14)6-7-23-2/h4-5,8,11,14H,6-7,9-10,12H2,1-3H3. The molecule has 128 valence electrons. The average Bonchev–Trinajstić information content (AvgIpc) is 2.92. The zero-order valence-electron chi connectivity index (χ0n) is 14.5. The third-order valence-electron chi connectivity index (χ3n) is 4.63. The maximum atomic E-state index is 12.1. The maximum absolute atomic E-state index is 12.1. The van der Waals surface area contributed by atoms with Crippen molar-refractivity contribution in [3.8, 4) is 0 Å². The van der Waals surface area contributed by atoms with Crippen LogP contribution in [-0.2, 0) is 16.0 Å². The van der Waals surface area contributed by atoms with Crippen molar-refractivity contribution in [2.45, 2.75) is 24.7 Å². The molecule has 24 heavy (non-hydrogen) atoms. The Bertz CT molecular complexity index is 747. The molecule has 0 radical (unpaired) electrons. The summed E-state index contributed by atoms with van der Waals surface area (Å²) in [4.78, 5) is 20.1. The third kappa shape index (κ3) is 3.73. The number of amides is 1. The molecule has 0 N–H and O–H groups in total. The molecule has 0 aliphatic carbocycles. The quantitative estimate of drug-likeness (QED) is 0.754. The molecule has 1 aliphatic rings. The minimum Gasteiger partial charge on any atom is -0.383 e. The highest BCUT2D eigenvalue weighted by Crippen LogP contribution is 2.26. The first kappa shape index (κ1) is 17.2. The van der Waals surface area contributed by atoms with Crippen LogP contribution in [0.1, 0.15) is 17.7 Å². The fourth-order valence-electron chi connectivity index (χ4n) is 3.38. The highest BCUT2D eigenvalue weighted by Gasteiger charge is 2.29. The Morgan fingerprint density at radius 2 is 2.21 bits per heavy atom. The van der Waals surface area contributed by atoms with Gasteiger partial charge >= 0.3 is 0 Å². The molecule has 1 aromatic heterocycles. The number of pyridine rings is 1. The molecule has 0 bridgehead atoms. The van der Waals surface area contributed by atoms with Gasteiger partial charge in [0.1, 0.15) is 0 Å². The lowest BCUT2D eigenvalue weighted by Gasteiger charge is -2.16. The average molecular weight is 344 g/mol. The molecule has 1 aromatic carbocycles. The van der Waals surface area contributed by atoms with E-state index in [-0.39, 0.29) is 5.91 Å². The molecular formula is C19H24N2O2S. The van der Waals surface area contributed by atoms with Gasteiger partial charge in [0.05, 0.1) is 12.1 Å². The zero-order valence-corrected chi connectivity index (χ0v) is 15.4. The number of hydrogen-bond donors (Lipinski definition) is 0. The smallest absolute Gasteiger partial charge is 0.223 e. The van der Waals surface area contributed by atoms with Crippen LogP contribution in [0.2, 0.25) is 0 Å². The van der Waals surface area contributed by atoms with Crippen molar-refractivity contribution in [1.82, 2.24) is 9.88 Å². The van der Waals surface area contributed by atoms with E-state index in [4.69, 9.17) is 9.72 Å². The summed E-state index contributed by atoms with van der Waals surface area (Å²) < 4.78 is 5.08. The van der Waals surface area contributed by atoms with Gasteiger partial charge < -0.3 is 9.64 Å². The molecule has 0 spiro atoms. The second kappa shape index (κ2) is 7.53. The van der Waals surface area contributed by atoms with E-state index in [1.54, 1.807) is 18.9 Å². The normalized spacial score (nSPS) is 17.9. The van der Waals surface area contributed by atoms with Gasteiger partial charge in [0, 0.05) is 42.6 Å². The molecule has 1 saturated heterocycles. The predicted molar refractivity (Wildman–Crippen MR) is 98.5 cm³/mol. The second-order valence-corrected chi connectivity index (χ2v) is 7.30. The van der Waals surface area contributed by atoms with Gasteiger partial charge in [-0.15, -0.1) is 11.8 Å². The number of ether oxygens (including phenoxy) is 1. The number of aromatic nitrogens is 1. The summed E-state index contributed by atoms with van der Waals surface area (Å²) in [6.07, 6.45) is 3.56. The summed E-state index contributed by atoms with van der Waals surface area (Å²) in [6.45, 7) is 4.24. The van der Waals surface area contributed by atoms with E-state index in [9.17, 15) is 4.79 Å². The minimum atomic E-state index is 0.235. The highest BCUT2D eigenvalue weighted by atomic mass is 32.2. The summed E-state index contributed by atoms with van der Waals surface area (Å²) in [5, 5.41) is 1.22. The first-order valence-corrected chi connectivity index (χ1v) is 9.54. The molecule has 1 fully saturated rings. The summed E-state index contributed by atoms with van der Waals surface area (Å²) in [5.41, 5.74) is 3.39. The van der Waals surface area contributed by atoms with E-state index >= 15 is 0 Å². The maximum Gasteiger partial charge on any atom is 0.223 e. The van der Waals surface area contributed by atoms with Crippen LogP contribution in [0.5, 0.6) is 0 Å². The number of carbonyl (C=O) groups is 1. The van der Waals surface area contributed by atoms with Crippen molar-refractivity contribution in [3.63, 3.8) is 0 Å². The number of nitrogens with zero attached hydrogens (tertiary/aromatic N) is 2. The third-order valence-corrected chi connectivity index (χ3v) is 5.36. The van der Waals surface area contributed by atoms with Crippen LogP contribution in [0, 0.1) is 12.8 Å². The van der Waals surface area contributed by atoms with Gasteiger partial charge in [0.15, 0.2) is 0 Å². The first-order chi connectivity index (χ1) is 11.6. The van der Waals surface area contributed by atoms with Crippen LogP contribution >= 0.6 is 11.8 Å². The van der Waals surface area contributed by atoms with Gasteiger partial charge in [-0.25, -0.2) is 0 Å². The molecule has 0 saturated carbocycles. The van der Waals surface area contributed by atoms with Crippen molar-refractivity contribution in [3.05, 3.63) is 35.5 Å². The molecule has 3 rings (SSSR count). The van der Waals surface area contributed by atoms with Gasteiger partial charge in [-0.1, -0.05) is 0 Å². The van der Waals surface area contributed by atoms with Gasteiger partial charge in [-0.3, -0.25) is 9.78 Å². The lowest BCUT2D eigenvalue weighted by atomic mass is 10.00. The predicted octanol–water partition coefficient (Wildman–Crippen LogP) is 3.30. The van der Waals surface area contributed by atoms with Crippen LogP contribution < -0.4 is 0 Å². The fourth-order valence-corrected chi connectivity index (χ4v) is 3.82. The number of likely N-dealkylation sites (tertiary alicyclic amines) is 1. The Morgan fingerprint density at radius 1 is 1.38 bits per heavy atom. The molecule has 1 atom stereocenters. The zero-order chi connectivity index (χ0) is 17.1. The van der Waals surface area contributed by atoms with Crippen LogP contribution in [0.3, 0.4) is 0 Å². The van der Waals surface area contributed by atoms with Crippen LogP contribution in [0.25, 0.3) is 10.9 Å². The first-order valence-electron chi connectivity index (χ1n) is 8.31. The summed E-state index contributed by atoms with van der Waals surface area (Å²) in [7, 11) is 1.67.